The van der Waals surface area contributed by atoms with Crippen LogP contribution in [0, 0.1) is 5.82 Å². The van der Waals surface area contributed by atoms with Crippen molar-refractivity contribution in [3.8, 4) is 0 Å². The summed E-state index contributed by atoms with van der Waals surface area (Å²) in [5.74, 6) is -1.05. The molecule has 0 spiro atoms. The summed E-state index contributed by atoms with van der Waals surface area (Å²) in [5, 5.41) is 2.64. The van der Waals surface area contributed by atoms with Crippen LogP contribution in [0.4, 0.5) is 10.1 Å². The molecule has 0 aliphatic carbocycles. The molecule has 0 unspecified atom stereocenters. The van der Waals surface area contributed by atoms with Gasteiger partial charge in [0, 0.05) is 17.8 Å². The van der Waals surface area contributed by atoms with Gasteiger partial charge in [-0.1, -0.05) is 18.2 Å². The van der Waals surface area contributed by atoms with Crippen molar-refractivity contribution in [3.63, 3.8) is 0 Å². The van der Waals surface area contributed by atoms with Crippen LogP contribution in [-0.4, -0.2) is 35.0 Å². The maximum Gasteiger partial charge on any atom is 0.261 e. The van der Waals surface area contributed by atoms with Gasteiger partial charge in [0.2, 0.25) is 0 Å². The topological polar surface area (TPSA) is 109 Å². The van der Waals surface area contributed by atoms with Crippen LogP contribution in [0.5, 0.6) is 0 Å². The second-order valence-corrected chi connectivity index (χ2v) is 10.7. The van der Waals surface area contributed by atoms with E-state index < -0.39 is 31.6 Å². The summed E-state index contributed by atoms with van der Waals surface area (Å²) in [4.78, 5) is 12.4. The molecular formula is C22H21FN2O5S2. The van der Waals surface area contributed by atoms with E-state index in [2.05, 4.69) is 10.0 Å². The first-order valence-corrected chi connectivity index (χ1v) is 12.8. The van der Waals surface area contributed by atoms with E-state index in [4.69, 9.17) is 0 Å². The summed E-state index contributed by atoms with van der Waals surface area (Å²) in [6.45, 7) is 0.170. The van der Waals surface area contributed by atoms with Gasteiger partial charge in [0.25, 0.3) is 15.9 Å². The molecule has 0 aromatic heterocycles. The third-order valence-corrected chi connectivity index (χ3v) is 7.71. The SMILES string of the molecule is O=C(NCCCS(=O)(=O)c1ccccc1)c1ccc(NS(=O)(=O)c2ccc(F)cc2)cc1. The van der Waals surface area contributed by atoms with E-state index in [1.165, 1.54) is 36.4 Å². The van der Waals surface area contributed by atoms with Gasteiger partial charge < -0.3 is 5.32 Å². The molecule has 0 bridgehead atoms. The summed E-state index contributed by atoms with van der Waals surface area (Å²) >= 11 is 0. The quantitative estimate of drug-likeness (QED) is 0.461. The third-order valence-electron chi connectivity index (χ3n) is 4.50. The van der Waals surface area contributed by atoms with Gasteiger partial charge in [0.15, 0.2) is 9.84 Å². The standard InChI is InChI=1S/C22H21FN2O5S2/c23-18-9-13-21(14-10-18)32(29,30)25-19-11-7-17(8-12-19)22(26)24-15-4-16-31(27,28)20-5-2-1-3-6-20/h1-3,5-14,25H,4,15-16H2,(H,24,26). The van der Waals surface area contributed by atoms with E-state index >= 15 is 0 Å². The third kappa shape index (κ3) is 6.14. The lowest BCUT2D eigenvalue weighted by atomic mass is 10.2. The Balaban J connectivity index is 1.52. The van der Waals surface area contributed by atoms with Crippen molar-refractivity contribution in [2.75, 3.05) is 17.0 Å². The second kappa shape index (κ2) is 9.92. The van der Waals surface area contributed by atoms with Crippen molar-refractivity contribution >= 4 is 31.5 Å². The van der Waals surface area contributed by atoms with Crippen LogP contribution in [0.1, 0.15) is 16.8 Å². The zero-order chi connectivity index (χ0) is 23.2. The predicted octanol–water partition coefficient (Wildman–Crippen LogP) is 3.22. The molecule has 0 aliphatic rings. The van der Waals surface area contributed by atoms with E-state index in [1.807, 2.05) is 0 Å². The van der Waals surface area contributed by atoms with Crippen LogP contribution in [-0.2, 0) is 19.9 Å². The van der Waals surface area contributed by atoms with Crippen molar-refractivity contribution in [1.82, 2.24) is 5.32 Å². The molecule has 0 saturated carbocycles. The number of amides is 1. The number of carbonyl (C=O) groups is 1. The van der Waals surface area contributed by atoms with Gasteiger partial charge in [-0.25, -0.2) is 21.2 Å². The highest BCUT2D eigenvalue weighted by Crippen LogP contribution is 2.17. The Labute approximate surface area is 186 Å². The first kappa shape index (κ1) is 23.4. The van der Waals surface area contributed by atoms with E-state index in [-0.39, 0.29) is 34.2 Å². The molecule has 0 aliphatic heterocycles. The van der Waals surface area contributed by atoms with Crippen LogP contribution in [0.25, 0.3) is 0 Å². The molecule has 3 aromatic rings. The van der Waals surface area contributed by atoms with E-state index in [0.717, 1.165) is 24.3 Å². The minimum absolute atomic E-state index is 0.0915. The number of halogens is 1. The Hall–Kier alpha value is -3.24. The Morgan fingerprint density at radius 1 is 0.781 bits per heavy atom. The van der Waals surface area contributed by atoms with E-state index in [9.17, 15) is 26.0 Å². The fraction of sp³-hybridized carbons (Fsp3) is 0.136. The van der Waals surface area contributed by atoms with Crippen molar-refractivity contribution in [1.29, 1.82) is 0 Å². The molecule has 10 heteroatoms. The fourth-order valence-corrected chi connectivity index (χ4v) is 5.22. The minimum atomic E-state index is -3.89. The first-order valence-electron chi connectivity index (χ1n) is 9.62. The molecule has 168 valence electrons. The maximum absolute atomic E-state index is 13.0. The molecule has 0 fully saturated rings. The number of anilines is 1. The van der Waals surface area contributed by atoms with Crippen LogP contribution < -0.4 is 10.0 Å². The molecule has 3 aromatic carbocycles. The Morgan fingerprint density at radius 2 is 1.41 bits per heavy atom. The Morgan fingerprint density at radius 3 is 2.03 bits per heavy atom. The number of sulfonamides is 1. The smallest absolute Gasteiger partial charge is 0.261 e. The summed E-state index contributed by atoms with van der Waals surface area (Å²) in [6.07, 6.45) is 0.249. The lowest BCUT2D eigenvalue weighted by Gasteiger charge is -2.09. The number of sulfone groups is 1. The molecule has 0 atom stereocenters. The lowest BCUT2D eigenvalue weighted by molar-refractivity contribution is 0.0953. The zero-order valence-electron chi connectivity index (χ0n) is 16.9. The minimum Gasteiger partial charge on any atom is -0.352 e. The van der Waals surface area contributed by atoms with Gasteiger partial charge in [0.05, 0.1) is 15.5 Å². The van der Waals surface area contributed by atoms with Crippen LogP contribution in [0.2, 0.25) is 0 Å². The second-order valence-electron chi connectivity index (χ2n) is 6.88. The number of carbonyl (C=O) groups excluding carboxylic acids is 1. The van der Waals surface area contributed by atoms with Gasteiger partial charge in [-0.05, 0) is 67.1 Å². The molecule has 0 heterocycles. The predicted molar refractivity (Wildman–Crippen MR) is 119 cm³/mol. The maximum atomic E-state index is 13.0. The highest BCUT2D eigenvalue weighted by Gasteiger charge is 2.15. The monoisotopic (exact) mass is 476 g/mol. The number of hydrogen-bond acceptors (Lipinski definition) is 5. The highest BCUT2D eigenvalue weighted by atomic mass is 32.2. The largest absolute Gasteiger partial charge is 0.352 e. The van der Waals surface area contributed by atoms with Gasteiger partial charge in [-0.3, -0.25) is 9.52 Å². The first-order chi connectivity index (χ1) is 15.2. The summed E-state index contributed by atoms with van der Waals surface area (Å²) in [5.41, 5.74) is 0.528. The highest BCUT2D eigenvalue weighted by molar-refractivity contribution is 7.92. The Bertz CT molecular complexity index is 1280. The van der Waals surface area contributed by atoms with Gasteiger partial charge >= 0.3 is 0 Å². The average Bonchev–Trinajstić information content (AvgIpc) is 2.78. The van der Waals surface area contributed by atoms with Crippen LogP contribution in [0.15, 0.2) is 88.7 Å². The molecule has 3 rings (SSSR count). The normalized spacial score (nSPS) is 11.7. The summed E-state index contributed by atoms with van der Waals surface area (Å²) < 4.78 is 64.5. The molecule has 2 N–H and O–H groups in total. The molecule has 0 saturated heterocycles. The number of rotatable bonds is 9. The average molecular weight is 477 g/mol. The van der Waals surface area contributed by atoms with Crippen molar-refractivity contribution in [2.45, 2.75) is 16.2 Å². The van der Waals surface area contributed by atoms with Crippen LogP contribution >= 0.6 is 0 Å². The van der Waals surface area contributed by atoms with Gasteiger partial charge in [-0.2, -0.15) is 0 Å². The number of benzene rings is 3. The number of hydrogen-bond donors (Lipinski definition) is 2. The van der Waals surface area contributed by atoms with Crippen LogP contribution in [0.3, 0.4) is 0 Å². The lowest BCUT2D eigenvalue weighted by Crippen LogP contribution is -2.26. The number of nitrogens with one attached hydrogen (secondary N) is 2. The van der Waals surface area contributed by atoms with E-state index in [0.29, 0.717) is 5.56 Å². The van der Waals surface area contributed by atoms with Gasteiger partial charge in [-0.15, -0.1) is 0 Å². The molecule has 0 radical (unpaired) electrons. The Kier molecular flexibility index (Phi) is 7.26. The molecule has 7 nitrogen and oxygen atoms in total. The summed E-state index contributed by atoms with van der Waals surface area (Å²) in [7, 11) is -7.30. The summed E-state index contributed by atoms with van der Waals surface area (Å²) in [6, 6.07) is 18.2. The van der Waals surface area contributed by atoms with E-state index in [1.54, 1.807) is 18.2 Å². The van der Waals surface area contributed by atoms with Crippen molar-refractivity contribution in [2.24, 2.45) is 0 Å². The van der Waals surface area contributed by atoms with Crippen molar-refractivity contribution < 1.29 is 26.0 Å². The zero-order valence-corrected chi connectivity index (χ0v) is 18.5. The molecule has 32 heavy (non-hydrogen) atoms. The molecular weight excluding hydrogens is 455 g/mol. The molecule has 1 amide bonds. The van der Waals surface area contributed by atoms with Crippen molar-refractivity contribution in [3.05, 3.63) is 90.2 Å². The van der Waals surface area contributed by atoms with Gasteiger partial charge in [0.1, 0.15) is 5.82 Å². The fourth-order valence-electron chi connectivity index (χ4n) is 2.83.